The van der Waals surface area contributed by atoms with E-state index in [1.54, 1.807) is 20.8 Å². The summed E-state index contributed by atoms with van der Waals surface area (Å²) in [6.07, 6.45) is 1.02. The van der Waals surface area contributed by atoms with Crippen molar-refractivity contribution in [1.29, 1.82) is 0 Å². The SMILES string of the molecule is CCN(CC(C)(C)O)C(=O)CS(C)(=O)=O. The molecular weight excluding hydrogens is 218 g/mol. The van der Waals surface area contributed by atoms with Gasteiger partial charge in [-0.3, -0.25) is 4.79 Å². The first-order chi connectivity index (χ1) is 6.55. The van der Waals surface area contributed by atoms with E-state index in [1.807, 2.05) is 0 Å². The molecule has 0 heterocycles. The predicted octanol–water partition coefficient (Wildman–Crippen LogP) is -0.350. The van der Waals surface area contributed by atoms with Crippen molar-refractivity contribution in [2.75, 3.05) is 25.1 Å². The Labute approximate surface area is 91.0 Å². The van der Waals surface area contributed by atoms with Crippen LogP contribution in [0.2, 0.25) is 0 Å². The molecule has 0 aliphatic heterocycles. The molecule has 0 rings (SSSR count). The van der Waals surface area contributed by atoms with Gasteiger partial charge in [0, 0.05) is 19.3 Å². The highest BCUT2D eigenvalue weighted by Gasteiger charge is 2.23. The smallest absolute Gasteiger partial charge is 0.237 e. The van der Waals surface area contributed by atoms with E-state index in [0.717, 1.165) is 6.26 Å². The van der Waals surface area contributed by atoms with E-state index in [2.05, 4.69) is 0 Å². The van der Waals surface area contributed by atoms with Crippen molar-refractivity contribution < 1.29 is 18.3 Å². The normalized spacial score (nSPS) is 12.6. The van der Waals surface area contributed by atoms with E-state index in [0.29, 0.717) is 6.54 Å². The summed E-state index contributed by atoms with van der Waals surface area (Å²) in [4.78, 5) is 12.8. The van der Waals surface area contributed by atoms with E-state index >= 15 is 0 Å². The van der Waals surface area contributed by atoms with Crippen LogP contribution in [0.4, 0.5) is 0 Å². The van der Waals surface area contributed by atoms with Gasteiger partial charge in [-0.05, 0) is 20.8 Å². The van der Waals surface area contributed by atoms with Gasteiger partial charge in [0.25, 0.3) is 0 Å². The molecule has 0 spiro atoms. The molecule has 0 aromatic rings. The molecule has 0 aliphatic rings. The number of hydrogen-bond acceptors (Lipinski definition) is 4. The third kappa shape index (κ3) is 7.33. The summed E-state index contributed by atoms with van der Waals surface area (Å²) >= 11 is 0. The minimum atomic E-state index is -3.31. The van der Waals surface area contributed by atoms with Gasteiger partial charge in [-0.25, -0.2) is 8.42 Å². The fourth-order valence-corrected chi connectivity index (χ4v) is 1.79. The van der Waals surface area contributed by atoms with Gasteiger partial charge in [0.05, 0.1) is 5.60 Å². The minimum absolute atomic E-state index is 0.137. The second-order valence-electron chi connectivity index (χ2n) is 4.29. The molecule has 0 aromatic heterocycles. The van der Waals surface area contributed by atoms with Crippen LogP contribution < -0.4 is 0 Å². The van der Waals surface area contributed by atoms with Crippen molar-refractivity contribution in [3.05, 3.63) is 0 Å². The summed E-state index contributed by atoms with van der Waals surface area (Å²) in [7, 11) is -3.31. The number of carbonyl (C=O) groups is 1. The highest BCUT2D eigenvalue weighted by Crippen LogP contribution is 2.05. The number of rotatable bonds is 5. The second-order valence-corrected chi connectivity index (χ2v) is 6.43. The van der Waals surface area contributed by atoms with Crippen LogP contribution >= 0.6 is 0 Å². The van der Waals surface area contributed by atoms with Crippen LogP contribution in [0.1, 0.15) is 20.8 Å². The lowest BCUT2D eigenvalue weighted by atomic mass is 10.1. The molecule has 15 heavy (non-hydrogen) atoms. The maximum absolute atomic E-state index is 11.5. The van der Waals surface area contributed by atoms with E-state index in [9.17, 15) is 18.3 Å². The van der Waals surface area contributed by atoms with Gasteiger partial charge in [-0.2, -0.15) is 0 Å². The van der Waals surface area contributed by atoms with Gasteiger partial charge >= 0.3 is 0 Å². The molecule has 0 bridgehead atoms. The Morgan fingerprint density at radius 2 is 1.87 bits per heavy atom. The Morgan fingerprint density at radius 3 is 2.13 bits per heavy atom. The molecule has 0 radical (unpaired) electrons. The van der Waals surface area contributed by atoms with Crippen molar-refractivity contribution in [2.45, 2.75) is 26.4 Å². The molecular formula is C9H19NO4S. The van der Waals surface area contributed by atoms with Crippen molar-refractivity contribution in [3.8, 4) is 0 Å². The van der Waals surface area contributed by atoms with Crippen molar-refractivity contribution >= 4 is 15.7 Å². The molecule has 0 unspecified atom stereocenters. The zero-order chi connectivity index (χ0) is 12.3. The number of nitrogens with zero attached hydrogens (tertiary/aromatic N) is 1. The fraction of sp³-hybridized carbons (Fsp3) is 0.889. The number of hydrogen-bond donors (Lipinski definition) is 1. The molecule has 0 fully saturated rings. The van der Waals surface area contributed by atoms with Gasteiger partial charge < -0.3 is 10.0 Å². The van der Waals surface area contributed by atoms with Crippen LogP contribution in [-0.4, -0.2) is 55.0 Å². The van der Waals surface area contributed by atoms with Crippen LogP contribution in [0.5, 0.6) is 0 Å². The van der Waals surface area contributed by atoms with E-state index < -0.39 is 27.1 Å². The topological polar surface area (TPSA) is 74.7 Å². The van der Waals surface area contributed by atoms with Crippen molar-refractivity contribution in [1.82, 2.24) is 4.90 Å². The van der Waals surface area contributed by atoms with Crippen LogP contribution in [0.3, 0.4) is 0 Å². The number of aliphatic hydroxyl groups is 1. The van der Waals surface area contributed by atoms with Crippen LogP contribution in [0.15, 0.2) is 0 Å². The van der Waals surface area contributed by atoms with Crippen LogP contribution in [-0.2, 0) is 14.6 Å². The number of likely N-dealkylation sites (N-methyl/N-ethyl adjacent to an activating group) is 1. The Bertz CT molecular complexity index is 315. The predicted molar refractivity (Wildman–Crippen MR) is 58.3 cm³/mol. The van der Waals surface area contributed by atoms with Gasteiger partial charge in [0.2, 0.25) is 5.91 Å². The fourth-order valence-electron chi connectivity index (χ4n) is 1.16. The summed E-state index contributed by atoms with van der Waals surface area (Å²) in [5.74, 6) is -0.973. The maximum Gasteiger partial charge on any atom is 0.237 e. The number of amides is 1. The summed E-state index contributed by atoms with van der Waals surface area (Å²) < 4.78 is 21.8. The Balaban J connectivity index is 4.50. The van der Waals surface area contributed by atoms with Gasteiger partial charge in [-0.15, -0.1) is 0 Å². The Hall–Kier alpha value is -0.620. The van der Waals surface area contributed by atoms with E-state index in [4.69, 9.17) is 0 Å². The van der Waals surface area contributed by atoms with Crippen molar-refractivity contribution in [2.24, 2.45) is 0 Å². The summed E-state index contributed by atoms with van der Waals surface area (Å²) in [6.45, 7) is 5.41. The molecule has 1 N–H and O–H groups in total. The minimum Gasteiger partial charge on any atom is -0.389 e. The average molecular weight is 237 g/mol. The lowest BCUT2D eigenvalue weighted by Crippen LogP contribution is -2.44. The Morgan fingerprint density at radius 1 is 1.40 bits per heavy atom. The third-order valence-electron chi connectivity index (χ3n) is 1.70. The molecule has 0 aromatic carbocycles. The van der Waals surface area contributed by atoms with Crippen LogP contribution in [0, 0.1) is 0 Å². The van der Waals surface area contributed by atoms with Gasteiger partial charge in [0.15, 0.2) is 9.84 Å². The van der Waals surface area contributed by atoms with Crippen LogP contribution in [0.25, 0.3) is 0 Å². The monoisotopic (exact) mass is 237 g/mol. The molecule has 90 valence electrons. The average Bonchev–Trinajstić information content (AvgIpc) is 1.94. The molecule has 0 atom stereocenters. The summed E-state index contributed by atoms with van der Waals surface area (Å²) in [5, 5.41) is 9.52. The first-order valence-electron chi connectivity index (χ1n) is 4.73. The molecule has 1 amide bonds. The number of sulfone groups is 1. The first kappa shape index (κ1) is 14.4. The van der Waals surface area contributed by atoms with Crippen molar-refractivity contribution in [3.63, 3.8) is 0 Å². The molecule has 6 heteroatoms. The first-order valence-corrected chi connectivity index (χ1v) is 6.79. The second kappa shape index (κ2) is 4.94. The zero-order valence-corrected chi connectivity index (χ0v) is 10.5. The standard InChI is InChI=1S/C9H19NO4S/c1-5-10(7-9(2,3)12)8(11)6-15(4,13)14/h12H,5-7H2,1-4H3. The lowest BCUT2D eigenvalue weighted by Gasteiger charge is -2.27. The number of carbonyl (C=O) groups excluding carboxylic acids is 1. The third-order valence-corrected chi connectivity index (χ3v) is 2.47. The van der Waals surface area contributed by atoms with E-state index in [-0.39, 0.29) is 6.54 Å². The largest absolute Gasteiger partial charge is 0.389 e. The quantitative estimate of drug-likeness (QED) is 0.709. The highest BCUT2D eigenvalue weighted by molar-refractivity contribution is 7.91. The van der Waals surface area contributed by atoms with Gasteiger partial charge in [0.1, 0.15) is 5.75 Å². The zero-order valence-electron chi connectivity index (χ0n) is 9.65. The van der Waals surface area contributed by atoms with Gasteiger partial charge in [-0.1, -0.05) is 0 Å². The molecule has 0 saturated heterocycles. The maximum atomic E-state index is 11.5. The summed E-state index contributed by atoms with van der Waals surface area (Å²) in [6, 6.07) is 0. The van der Waals surface area contributed by atoms with E-state index in [1.165, 1.54) is 4.90 Å². The lowest BCUT2D eigenvalue weighted by molar-refractivity contribution is -0.131. The summed E-state index contributed by atoms with van der Waals surface area (Å²) in [5.41, 5.74) is -1.01. The highest BCUT2D eigenvalue weighted by atomic mass is 32.2. The molecule has 0 aliphatic carbocycles. The Kier molecular flexibility index (Phi) is 4.73. The molecule has 0 saturated carbocycles. The molecule has 5 nitrogen and oxygen atoms in total.